The number of hydrogen-bond donors (Lipinski definition) is 0. The number of rotatable bonds is 6. The number of esters is 1. The first-order valence-electron chi connectivity index (χ1n) is 8.55. The first-order chi connectivity index (χ1) is 12.6. The molecule has 0 amide bonds. The van der Waals surface area contributed by atoms with Crippen LogP contribution in [0.25, 0.3) is 0 Å². The molecule has 5 heteroatoms. The summed E-state index contributed by atoms with van der Waals surface area (Å²) in [5.74, 6) is -0.374. The highest BCUT2D eigenvalue weighted by Crippen LogP contribution is 2.23. The molecule has 0 unspecified atom stereocenters. The van der Waals surface area contributed by atoms with E-state index in [0.717, 1.165) is 19.3 Å². The normalized spacial score (nSPS) is 13.4. The second kappa shape index (κ2) is 7.83. The van der Waals surface area contributed by atoms with Crippen LogP contribution in [0.2, 0.25) is 0 Å². The second-order valence-electron chi connectivity index (χ2n) is 6.26. The Kier molecular flexibility index (Phi) is 5.33. The standard InChI is InChI=1S/C21H19NO4/c1-14(26-19-9-5-15(12-22)6-10-19)21(24)25-13-20(23)18-8-7-16-3-2-4-17(16)11-18/h5-11,14H,2-4,13H2,1H3/t14-/m1/s1. The summed E-state index contributed by atoms with van der Waals surface area (Å²) in [5, 5.41) is 8.77. The molecule has 5 nitrogen and oxygen atoms in total. The van der Waals surface area contributed by atoms with Crippen molar-refractivity contribution < 1.29 is 19.1 Å². The molecule has 0 saturated heterocycles. The molecule has 132 valence electrons. The molecule has 0 bridgehead atoms. The summed E-state index contributed by atoms with van der Waals surface area (Å²) in [6, 6.07) is 14.1. The third kappa shape index (κ3) is 4.09. The van der Waals surface area contributed by atoms with Crippen molar-refractivity contribution in [3.05, 3.63) is 64.7 Å². The zero-order valence-corrected chi connectivity index (χ0v) is 14.5. The highest BCUT2D eigenvalue weighted by molar-refractivity contribution is 5.98. The zero-order valence-electron chi connectivity index (χ0n) is 14.5. The van der Waals surface area contributed by atoms with Crippen molar-refractivity contribution in [3.8, 4) is 11.8 Å². The molecule has 0 spiro atoms. The molecule has 0 N–H and O–H groups in total. The fraction of sp³-hybridized carbons (Fsp3) is 0.286. The van der Waals surface area contributed by atoms with E-state index >= 15 is 0 Å². The molecule has 3 rings (SSSR count). The lowest BCUT2D eigenvalue weighted by Gasteiger charge is -2.14. The van der Waals surface area contributed by atoms with E-state index in [1.54, 1.807) is 37.3 Å². The fourth-order valence-electron chi connectivity index (χ4n) is 2.94. The van der Waals surface area contributed by atoms with Gasteiger partial charge in [-0.2, -0.15) is 5.26 Å². The lowest BCUT2D eigenvalue weighted by molar-refractivity contribution is -0.149. The maximum atomic E-state index is 12.3. The maximum Gasteiger partial charge on any atom is 0.347 e. The number of nitrogens with zero attached hydrogens (tertiary/aromatic N) is 1. The SMILES string of the molecule is C[C@@H](Oc1ccc(C#N)cc1)C(=O)OCC(=O)c1ccc2c(c1)CCC2. The van der Waals surface area contributed by atoms with Crippen LogP contribution in [0.15, 0.2) is 42.5 Å². The highest BCUT2D eigenvalue weighted by Gasteiger charge is 2.19. The van der Waals surface area contributed by atoms with Crippen molar-refractivity contribution in [2.75, 3.05) is 6.61 Å². The van der Waals surface area contributed by atoms with Gasteiger partial charge in [-0.1, -0.05) is 12.1 Å². The quantitative estimate of drug-likeness (QED) is 0.591. The Labute approximate surface area is 152 Å². The summed E-state index contributed by atoms with van der Waals surface area (Å²) >= 11 is 0. The summed E-state index contributed by atoms with van der Waals surface area (Å²) in [4.78, 5) is 24.3. The third-order valence-corrected chi connectivity index (χ3v) is 4.39. The van der Waals surface area contributed by atoms with Crippen LogP contribution >= 0.6 is 0 Å². The van der Waals surface area contributed by atoms with Crippen LogP contribution in [0, 0.1) is 11.3 Å². The van der Waals surface area contributed by atoms with E-state index in [1.165, 1.54) is 11.1 Å². The summed E-state index contributed by atoms with van der Waals surface area (Å²) in [6.45, 7) is 1.25. The molecule has 1 aliphatic carbocycles. The van der Waals surface area contributed by atoms with Crippen LogP contribution in [0.1, 0.15) is 40.4 Å². The number of fused-ring (bicyclic) bond motifs is 1. The number of carbonyl (C=O) groups is 2. The topological polar surface area (TPSA) is 76.4 Å². The van der Waals surface area contributed by atoms with Gasteiger partial charge in [-0.05, 0) is 67.6 Å². The van der Waals surface area contributed by atoms with Gasteiger partial charge >= 0.3 is 5.97 Å². The van der Waals surface area contributed by atoms with Gasteiger partial charge in [0.2, 0.25) is 0 Å². The molecular formula is C21H19NO4. The molecule has 0 aliphatic heterocycles. The summed E-state index contributed by atoms with van der Waals surface area (Å²) in [5.41, 5.74) is 3.58. The number of ketones is 1. The van der Waals surface area contributed by atoms with Crippen molar-refractivity contribution in [3.63, 3.8) is 0 Å². The Hall–Kier alpha value is -3.13. The Morgan fingerprint density at radius 2 is 1.85 bits per heavy atom. The van der Waals surface area contributed by atoms with Crippen molar-refractivity contribution in [1.82, 2.24) is 0 Å². The smallest absolute Gasteiger partial charge is 0.347 e. The predicted molar refractivity (Wildman–Crippen MR) is 95.0 cm³/mol. The number of aryl methyl sites for hydroxylation is 2. The Morgan fingerprint density at radius 1 is 1.12 bits per heavy atom. The number of hydrogen-bond acceptors (Lipinski definition) is 5. The minimum Gasteiger partial charge on any atom is -0.479 e. The molecule has 0 radical (unpaired) electrons. The molecule has 2 aromatic rings. The molecule has 2 aromatic carbocycles. The number of carbonyl (C=O) groups excluding carboxylic acids is 2. The van der Waals surface area contributed by atoms with Crippen molar-refractivity contribution >= 4 is 11.8 Å². The number of ether oxygens (including phenoxy) is 2. The van der Waals surface area contributed by atoms with E-state index in [1.807, 2.05) is 18.2 Å². The van der Waals surface area contributed by atoms with E-state index in [9.17, 15) is 9.59 Å². The van der Waals surface area contributed by atoms with Gasteiger partial charge < -0.3 is 9.47 Å². The van der Waals surface area contributed by atoms with E-state index in [0.29, 0.717) is 16.9 Å². The van der Waals surface area contributed by atoms with Crippen molar-refractivity contribution in [1.29, 1.82) is 5.26 Å². The minimum atomic E-state index is -0.851. The van der Waals surface area contributed by atoms with E-state index < -0.39 is 12.1 Å². The lowest BCUT2D eigenvalue weighted by Crippen LogP contribution is -2.28. The van der Waals surface area contributed by atoms with Gasteiger partial charge in [-0.3, -0.25) is 4.79 Å². The van der Waals surface area contributed by atoms with Crippen LogP contribution in [0.3, 0.4) is 0 Å². The van der Waals surface area contributed by atoms with Crippen LogP contribution in [0.4, 0.5) is 0 Å². The average molecular weight is 349 g/mol. The molecule has 0 aromatic heterocycles. The molecule has 0 fully saturated rings. The van der Waals surface area contributed by atoms with E-state index in [2.05, 4.69) is 0 Å². The fourth-order valence-corrected chi connectivity index (χ4v) is 2.94. The number of Topliss-reactive ketones (excluding diaryl/α,β-unsaturated/α-hetero) is 1. The molecule has 26 heavy (non-hydrogen) atoms. The molecule has 0 saturated carbocycles. The summed E-state index contributed by atoms with van der Waals surface area (Å²) in [6.07, 6.45) is 2.32. The van der Waals surface area contributed by atoms with Crippen LogP contribution in [-0.4, -0.2) is 24.5 Å². The van der Waals surface area contributed by atoms with Crippen molar-refractivity contribution in [2.45, 2.75) is 32.3 Å². The Balaban J connectivity index is 1.52. The van der Waals surface area contributed by atoms with Gasteiger partial charge in [0, 0.05) is 5.56 Å². The van der Waals surface area contributed by atoms with E-state index in [4.69, 9.17) is 14.7 Å². The monoisotopic (exact) mass is 349 g/mol. The number of nitriles is 1. The van der Waals surface area contributed by atoms with Gasteiger partial charge in [0.25, 0.3) is 0 Å². The zero-order chi connectivity index (χ0) is 18.5. The predicted octanol–water partition coefficient (Wildman–Crippen LogP) is 3.24. The van der Waals surface area contributed by atoms with E-state index in [-0.39, 0.29) is 12.4 Å². The maximum absolute atomic E-state index is 12.3. The number of benzene rings is 2. The largest absolute Gasteiger partial charge is 0.479 e. The Bertz CT molecular complexity index is 865. The second-order valence-corrected chi connectivity index (χ2v) is 6.26. The van der Waals surface area contributed by atoms with Gasteiger partial charge in [0.1, 0.15) is 5.75 Å². The Morgan fingerprint density at radius 3 is 2.58 bits per heavy atom. The van der Waals surface area contributed by atoms with Crippen molar-refractivity contribution in [2.24, 2.45) is 0 Å². The first-order valence-corrected chi connectivity index (χ1v) is 8.55. The molecule has 1 atom stereocenters. The van der Waals surface area contributed by atoms with Gasteiger partial charge in [-0.25, -0.2) is 4.79 Å². The van der Waals surface area contributed by atoms with Gasteiger partial charge in [0.15, 0.2) is 18.5 Å². The highest BCUT2D eigenvalue weighted by atomic mass is 16.6. The van der Waals surface area contributed by atoms with Gasteiger partial charge in [0.05, 0.1) is 11.6 Å². The molecule has 0 heterocycles. The van der Waals surface area contributed by atoms with Gasteiger partial charge in [-0.15, -0.1) is 0 Å². The summed E-state index contributed by atoms with van der Waals surface area (Å²) in [7, 11) is 0. The minimum absolute atomic E-state index is 0.223. The van der Waals surface area contributed by atoms with Crippen LogP contribution in [-0.2, 0) is 22.4 Å². The summed E-state index contributed by atoms with van der Waals surface area (Å²) < 4.78 is 10.6. The van der Waals surface area contributed by atoms with Crippen LogP contribution in [0.5, 0.6) is 5.75 Å². The average Bonchev–Trinajstić information content (AvgIpc) is 3.14. The van der Waals surface area contributed by atoms with Crippen LogP contribution < -0.4 is 4.74 Å². The lowest BCUT2D eigenvalue weighted by atomic mass is 10.0. The third-order valence-electron chi connectivity index (χ3n) is 4.39. The molecular weight excluding hydrogens is 330 g/mol. The first kappa shape index (κ1) is 17.7. The molecule has 1 aliphatic rings.